The van der Waals surface area contributed by atoms with Crippen LogP contribution < -0.4 is 5.32 Å². The van der Waals surface area contributed by atoms with Gasteiger partial charge < -0.3 is 9.88 Å². The number of nitrogens with one attached hydrogen (secondary N) is 1. The van der Waals surface area contributed by atoms with Crippen LogP contribution in [0.25, 0.3) is 5.57 Å². The van der Waals surface area contributed by atoms with Crippen molar-refractivity contribution in [2.45, 2.75) is 57.1 Å². The van der Waals surface area contributed by atoms with E-state index in [9.17, 15) is 13.2 Å². The second-order valence-electron chi connectivity index (χ2n) is 10.4. The molecule has 1 N–H and O–H groups in total. The van der Waals surface area contributed by atoms with Crippen LogP contribution in [0.5, 0.6) is 0 Å². The highest BCUT2D eigenvalue weighted by molar-refractivity contribution is 7.81. The Morgan fingerprint density at radius 2 is 2.03 bits per heavy atom. The summed E-state index contributed by atoms with van der Waals surface area (Å²) in [4.78, 5) is 6.45. The third-order valence-corrected chi connectivity index (χ3v) is 8.31. The van der Waals surface area contributed by atoms with Crippen LogP contribution in [0.15, 0.2) is 48.4 Å². The monoisotopic (exact) mass is 542 g/mol. The first-order valence-corrected chi connectivity index (χ1v) is 13.6. The van der Waals surface area contributed by atoms with Crippen LogP contribution in [0.2, 0.25) is 0 Å². The van der Waals surface area contributed by atoms with Crippen molar-refractivity contribution in [2.75, 3.05) is 18.4 Å². The number of thiol groups is 1. The van der Waals surface area contributed by atoms with Gasteiger partial charge in [0.25, 0.3) is 0 Å². The molecule has 202 valence electrons. The van der Waals surface area contributed by atoms with E-state index in [1.54, 1.807) is 12.5 Å². The molecule has 3 heterocycles. The molecule has 1 aliphatic carbocycles. The van der Waals surface area contributed by atoms with Crippen LogP contribution in [0, 0.1) is 5.92 Å². The summed E-state index contributed by atoms with van der Waals surface area (Å²) in [6.07, 6.45) is 2.86. The number of alkyl halides is 3. The Morgan fingerprint density at radius 3 is 2.68 bits per heavy atom. The van der Waals surface area contributed by atoms with Gasteiger partial charge in [-0.2, -0.15) is 25.8 Å². The van der Waals surface area contributed by atoms with E-state index in [1.807, 2.05) is 35.9 Å². The number of rotatable bonds is 7. The number of halogens is 3. The normalized spacial score (nSPS) is 20.3. The van der Waals surface area contributed by atoms with Crippen molar-refractivity contribution in [3.05, 3.63) is 76.6 Å². The van der Waals surface area contributed by atoms with Crippen molar-refractivity contribution in [1.82, 2.24) is 24.6 Å². The predicted octanol–water partition coefficient (Wildman–Crippen LogP) is 5.97. The average Bonchev–Trinajstić information content (AvgIpc) is 3.27. The Morgan fingerprint density at radius 1 is 1.21 bits per heavy atom. The summed E-state index contributed by atoms with van der Waals surface area (Å²) >= 11 is 4.59. The van der Waals surface area contributed by atoms with E-state index in [4.69, 9.17) is 0 Å². The van der Waals surface area contributed by atoms with Crippen LogP contribution in [0.1, 0.15) is 60.8 Å². The lowest BCUT2D eigenvalue weighted by Crippen LogP contribution is -2.39. The van der Waals surface area contributed by atoms with E-state index in [2.05, 4.69) is 45.0 Å². The average molecular weight is 543 g/mol. The molecule has 1 unspecified atom stereocenters. The molecule has 1 aliphatic heterocycles. The van der Waals surface area contributed by atoms with Gasteiger partial charge in [0.1, 0.15) is 6.33 Å². The Bertz CT molecular complexity index is 1310. The number of hydrogen-bond donors (Lipinski definition) is 2. The van der Waals surface area contributed by atoms with Crippen molar-refractivity contribution in [3.8, 4) is 0 Å². The van der Waals surface area contributed by atoms with E-state index in [-0.39, 0.29) is 12.2 Å². The molecule has 0 spiro atoms. The van der Waals surface area contributed by atoms with E-state index < -0.39 is 11.7 Å². The summed E-state index contributed by atoms with van der Waals surface area (Å²) in [6.45, 7) is 4.20. The number of aromatic nitrogens is 4. The van der Waals surface area contributed by atoms with Gasteiger partial charge >= 0.3 is 6.18 Å². The molecule has 0 bridgehead atoms. The molecule has 6 nitrogen and oxygen atoms in total. The molecular weight excluding hydrogens is 509 g/mol. The highest BCUT2D eigenvalue weighted by Crippen LogP contribution is 2.37. The number of aryl methyl sites for hydroxylation is 1. The molecule has 3 aromatic rings. The van der Waals surface area contributed by atoms with Crippen LogP contribution in [-0.4, -0.2) is 43.0 Å². The summed E-state index contributed by atoms with van der Waals surface area (Å²) in [5.74, 6) is 1.19. The molecule has 2 fully saturated rings. The number of nitrogens with zero attached hydrogens (tertiary/aromatic N) is 5. The first kappa shape index (κ1) is 26.7. The maximum absolute atomic E-state index is 14.0. The van der Waals surface area contributed by atoms with Crippen LogP contribution in [0.4, 0.5) is 18.9 Å². The molecule has 38 heavy (non-hydrogen) atoms. The van der Waals surface area contributed by atoms with Gasteiger partial charge in [-0.05, 0) is 67.5 Å². The number of anilines is 1. The largest absolute Gasteiger partial charge is 0.418 e. The van der Waals surface area contributed by atoms with Gasteiger partial charge in [-0.25, -0.2) is 0 Å². The molecule has 0 amide bonds. The maximum Gasteiger partial charge on any atom is 0.418 e. The first-order valence-electron chi connectivity index (χ1n) is 13.0. The van der Waals surface area contributed by atoms with Gasteiger partial charge in [0.2, 0.25) is 0 Å². The van der Waals surface area contributed by atoms with Crippen molar-refractivity contribution in [2.24, 2.45) is 13.0 Å². The van der Waals surface area contributed by atoms with Crippen LogP contribution in [-0.2, 0) is 26.3 Å². The molecule has 2 aliphatic rings. The predicted molar refractivity (Wildman–Crippen MR) is 146 cm³/mol. The van der Waals surface area contributed by atoms with E-state index >= 15 is 0 Å². The summed E-state index contributed by atoms with van der Waals surface area (Å²) in [5, 5.41) is 11.8. The second kappa shape index (κ2) is 11.1. The van der Waals surface area contributed by atoms with Crippen LogP contribution in [0.3, 0.4) is 0 Å². The quantitative estimate of drug-likeness (QED) is 0.361. The third-order valence-electron chi connectivity index (χ3n) is 7.54. The fraction of sp³-hybridized carbons (Fsp3) is 0.464. The van der Waals surface area contributed by atoms with Crippen LogP contribution >= 0.6 is 12.6 Å². The zero-order valence-electron chi connectivity index (χ0n) is 21.7. The summed E-state index contributed by atoms with van der Waals surface area (Å²) in [7, 11) is 1.91. The molecule has 1 aromatic carbocycles. The first-order chi connectivity index (χ1) is 18.2. The second-order valence-corrected chi connectivity index (χ2v) is 11.1. The molecule has 2 aromatic heterocycles. The standard InChI is InChI=1S/C28H33F3N6S/c1-18-15-37(10-9-25(18)38)16-19-11-23(28(29,30)31)24(33-13-19)14-32-22-8-4-7-21(12-22)26(20-5-3-6-20)27-35-34-17-36(27)2/h4,7-8,11-13,17-18,25,32,38H,3,5-6,9-10,14-16H2,1-2H3/t18-,25?/m1/s1. The number of benzene rings is 1. The lowest BCUT2D eigenvalue weighted by Gasteiger charge is -2.34. The minimum atomic E-state index is -4.49. The molecule has 2 atom stereocenters. The zero-order valence-corrected chi connectivity index (χ0v) is 22.6. The smallest absolute Gasteiger partial charge is 0.379 e. The molecule has 10 heteroatoms. The molecule has 1 saturated heterocycles. The van der Waals surface area contributed by atoms with Crippen molar-refractivity contribution in [1.29, 1.82) is 0 Å². The topological polar surface area (TPSA) is 58.9 Å². The van der Waals surface area contributed by atoms with E-state index in [0.717, 1.165) is 61.4 Å². The highest BCUT2D eigenvalue weighted by atomic mass is 32.1. The molecular formula is C28H33F3N6S. The van der Waals surface area contributed by atoms with Gasteiger partial charge in [-0.1, -0.05) is 24.6 Å². The third kappa shape index (κ3) is 5.91. The van der Waals surface area contributed by atoms with Crippen molar-refractivity contribution < 1.29 is 13.2 Å². The fourth-order valence-corrected chi connectivity index (χ4v) is 5.42. The Hall–Kier alpha value is -2.85. The Labute approximate surface area is 226 Å². The lowest BCUT2D eigenvalue weighted by atomic mass is 9.84. The summed E-state index contributed by atoms with van der Waals surface area (Å²) in [6, 6.07) is 8.99. The molecule has 1 saturated carbocycles. The summed E-state index contributed by atoms with van der Waals surface area (Å²) in [5.41, 5.74) is 3.95. The number of allylic oxidation sites excluding steroid dienone is 1. The number of hydrogen-bond acceptors (Lipinski definition) is 6. The molecule has 0 radical (unpaired) electrons. The SMILES string of the molecule is C[C@@H]1CN(Cc2cnc(CNc3cccc(C(=C4CCC4)c4nncn4C)c3)c(C(F)(F)F)c2)CCC1S. The van der Waals surface area contributed by atoms with Gasteiger partial charge in [-0.3, -0.25) is 9.88 Å². The maximum atomic E-state index is 14.0. The highest BCUT2D eigenvalue weighted by Gasteiger charge is 2.35. The lowest BCUT2D eigenvalue weighted by molar-refractivity contribution is -0.138. The van der Waals surface area contributed by atoms with Gasteiger partial charge in [0.15, 0.2) is 5.82 Å². The van der Waals surface area contributed by atoms with Gasteiger partial charge in [0, 0.05) is 42.8 Å². The van der Waals surface area contributed by atoms with E-state index in [0.29, 0.717) is 23.3 Å². The number of piperidine rings is 1. The van der Waals surface area contributed by atoms with Gasteiger partial charge in [0.05, 0.1) is 17.8 Å². The Kier molecular flexibility index (Phi) is 7.81. The number of likely N-dealkylation sites (tertiary alicyclic amines) is 1. The zero-order chi connectivity index (χ0) is 26.9. The van der Waals surface area contributed by atoms with E-state index in [1.165, 1.54) is 11.6 Å². The summed E-state index contributed by atoms with van der Waals surface area (Å²) < 4.78 is 44.0. The van der Waals surface area contributed by atoms with Gasteiger partial charge in [-0.15, -0.1) is 10.2 Å². The number of pyridine rings is 1. The van der Waals surface area contributed by atoms with Crippen molar-refractivity contribution >= 4 is 23.9 Å². The van der Waals surface area contributed by atoms with Crippen molar-refractivity contribution in [3.63, 3.8) is 0 Å². The molecule has 5 rings (SSSR count). The Balaban J connectivity index is 1.34. The fourth-order valence-electron chi connectivity index (χ4n) is 5.21. The minimum Gasteiger partial charge on any atom is -0.379 e. The minimum absolute atomic E-state index is 0.0139.